The molecule has 0 saturated carbocycles. The molecule has 2 amide bonds. The number of hydrogen-bond acceptors (Lipinski definition) is 3. The highest BCUT2D eigenvalue weighted by atomic mass is 32.1. The zero-order valence-corrected chi connectivity index (χ0v) is 16.7. The lowest BCUT2D eigenvalue weighted by Crippen LogP contribution is -2.29. The Morgan fingerprint density at radius 2 is 1.96 bits per heavy atom. The molecule has 0 aliphatic heterocycles. The molecule has 1 atom stereocenters. The van der Waals surface area contributed by atoms with Crippen molar-refractivity contribution in [3.05, 3.63) is 51.7 Å². The van der Waals surface area contributed by atoms with Gasteiger partial charge in [-0.15, -0.1) is 11.3 Å². The molecule has 1 unspecified atom stereocenters. The van der Waals surface area contributed by atoms with Gasteiger partial charge in [0, 0.05) is 10.4 Å². The summed E-state index contributed by atoms with van der Waals surface area (Å²) in [6.45, 7) is 6.76. The van der Waals surface area contributed by atoms with Gasteiger partial charge in [0.15, 0.2) is 0 Å². The summed E-state index contributed by atoms with van der Waals surface area (Å²) in [7, 11) is 0. The van der Waals surface area contributed by atoms with Gasteiger partial charge >= 0.3 is 0 Å². The Bertz CT molecular complexity index is 871. The molecule has 0 saturated heterocycles. The number of thiophene rings is 1. The van der Waals surface area contributed by atoms with Gasteiger partial charge in [-0.2, -0.15) is 0 Å². The lowest BCUT2D eigenvalue weighted by molar-refractivity contribution is 0.0999. The van der Waals surface area contributed by atoms with Crippen molar-refractivity contribution in [2.75, 3.05) is 5.32 Å². The van der Waals surface area contributed by atoms with Gasteiger partial charge in [-0.1, -0.05) is 27.2 Å². The molecule has 4 nitrogen and oxygen atoms in total. The zero-order chi connectivity index (χ0) is 19.8. The summed E-state index contributed by atoms with van der Waals surface area (Å²) in [6.07, 6.45) is 3.80. The number of hydrogen-bond donors (Lipinski definition) is 2. The molecule has 1 heterocycles. The molecule has 2 aromatic rings. The normalized spacial score (nSPS) is 16.7. The van der Waals surface area contributed by atoms with E-state index in [0.717, 1.165) is 36.1 Å². The van der Waals surface area contributed by atoms with Crippen LogP contribution in [-0.4, -0.2) is 11.8 Å². The topological polar surface area (TPSA) is 72.2 Å². The molecule has 1 aromatic heterocycles. The van der Waals surface area contributed by atoms with Crippen LogP contribution in [0.1, 0.15) is 64.8 Å². The fourth-order valence-corrected chi connectivity index (χ4v) is 4.99. The number of primary amides is 1. The van der Waals surface area contributed by atoms with E-state index in [1.54, 1.807) is 0 Å². The summed E-state index contributed by atoms with van der Waals surface area (Å²) in [5.41, 5.74) is 7.60. The Balaban J connectivity index is 1.90. The van der Waals surface area contributed by atoms with Crippen molar-refractivity contribution in [2.45, 2.75) is 46.5 Å². The number of rotatable bonds is 5. The van der Waals surface area contributed by atoms with E-state index in [2.05, 4.69) is 26.1 Å². The Morgan fingerprint density at radius 1 is 1.30 bits per heavy atom. The number of nitrogens with two attached hydrogens (primary N) is 1. The minimum absolute atomic E-state index is 0.228. The Labute approximate surface area is 163 Å². The molecular weight excluding hydrogens is 363 g/mol. The highest BCUT2D eigenvalue weighted by molar-refractivity contribution is 7.17. The SMILES string of the molecule is CCC(C)(C)C1CCc2c(sc(NC(=O)c3ccc(F)cc3)c2C(N)=O)C1. The molecule has 27 heavy (non-hydrogen) atoms. The third-order valence-electron chi connectivity index (χ3n) is 5.86. The molecule has 1 aliphatic carbocycles. The van der Waals surface area contributed by atoms with Crippen molar-refractivity contribution in [1.82, 2.24) is 0 Å². The molecule has 1 aliphatic rings. The van der Waals surface area contributed by atoms with Gasteiger partial charge in [0.25, 0.3) is 11.8 Å². The van der Waals surface area contributed by atoms with Crippen molar-refractivity contribution in [1.29, 1.82) is 0 Å². The van der Waals surface area contributed by atoms with Crippen LogP contribution in [0.25, 0.3) is 0 Å². The van der Waals surface area contributed by atoms with Gasteiger partial charge in [-0.05, 0) is 60.4 Å². The van der Waals surface area contributed by atoms with Gasteiger partial charge < -0.3 is 11.1 Å². The van der Waals surface area contributed by atoms with Crippen molar-refractivity contribution < 1.29 is 14.0 Å². The number of nitrogens with one attached hydrogen (secondary N) is 1. The van der Waals surface area contributed by atoms with Gasteiger partial charge in [-0.3, -0.25) is 9.59 Å². The van der Waals surface area contributed by atoms with Gasteiger partial charge in [0.05, 0.1) is 5.56 Å². The second-order valence-electron chi connectivity index (χ2n) is 7.82. The average Bonchev–Trinajstić information content (AvgIpc) is 2.99. The minimum atomic E-state index is -0.518. The zero-order valence-electron chi connectivity index (χ0n) is 15.9. The first kappa shape index (κ1) is 19.5. The monoisotopic (exact) mass is 388 g/mol. The van der Waals surface area contributed by atoms with Crippen molar-refractivity contribution in [2.24, 2.45) is 17.1 Å². The largest absolute Gasteiger partial charge is 0.365 e. The second kappa shape index (κ2) is 7.43. The van der Waals surface area contributed by atoms with Crippen molar-refractivity contribution in [3.8, 4) is 0 Å². The van der Waals surface area contributed by atoms with Crippen LogP contribution in [0.15, 0.2) is 24.3 Å². The Kier molecular flexibility index (Phi) is 5.38. The number of halogens is 1. The van der Waals surface area contributed by atoms with Crippen LogP contribution in [-0.2, 0) is 12.8 Å². The Hall–Kier alpha value is -2.21. The summed E-state index contributed by atoms with van der Waals surface area (Å²) in [4.78, 5) is 25.7. The molecule has 3 N–H and O–H groups in total. The molecule has 6 heteroatoms. The summed E-state index contributed by atoms with van der Waals surface area (Å²) in [5.74, 6) is -0.757. The smallest absolute Gasteiger partial charge is 0.256 e. The second-order valence-corrected chi connectivity index (χ2v) is 8.92. The van der Waals surface area contributed by atoms with E-state index in [1.807, 2.05) is 0 Å². The average molecular weight is 389 g/mol. The lowest BCUT2D eigenvalue weighted by atomic mass is 9.69. The third kappa shape index (κ3) is 3.90. The molecule has 144 valence electrons. The maximum atomic E-state index is 13.1. The number of benzene rings is 1. The first-order chi connectivity index (χ1) is 12.7. The predicted molar refractivity (Wildman–Crippen MR) is 107 cm³/mol. The van der Waals surface area contributed by atoms with E-state index >= 15 is 0 Å². The van der Waals surface area contributed by atoms with Gasteiger partial charge in [0.1, 0.15) is 10.8 Å². The maximum absolute atomic E-state index is 13.1. The summed E-state index contributed by atoms with van der Waals surface area (Å²) >= 11 is 1.44. The minimum Gasteiger partial charge on any atom is -0.365 e. The van der Waals surface area contributed by atoms with E-state index < -0.39 is 11.7 Å². The molecular formula is C21H25FN2O2S. The van der Waals surface area contributed by atoms with Crippen LogP contribution in [0.2, 0.25) is 0 Å². The predicted octanol–water partition coefficient (Wildman–Crippen LogP) is 4.78. The molecule has 0 spiro atoms. The highest BCUT2D eigenvalue weighted by Crippen LogP contribution is 2.45. The summed E-state index contributed by atoms with van der Waals surface area (Å²) in [6, 6.07) is 5.31. The molecule has 0 radical (unpaired) electrons. The standard InChI is InChI=1S/C21H25FN2O2S/c1-4-21(2,3)13-7-10-15-16(11-13)27-20(17(15)18(23)25)24-19(26)12-5-8-14(22)9-6-12/h5-6,8-9,13H,4,7,10-11H2,1-3H3,(H2,23,25)(H,24,26). The molecule has 1 aromatic carbocycles. The van der Waals surface area contributed by atoms with Crippen LogP contribution >= 0.6 is 11.3 Å². The fraction of sp³-hybridized carbons (Fsp3) is 0.429. The maximum Gasteiger partial charge on any atom is 0.256 e. The van der Waals surface area contributed by atoms with E-state index in [1.165, 1.54) is 35.6 Å². The highest BCUT2D eigenvalue weighted by Gasteiger charge is 2.35. The fourth-order valence-electron chi connectivity index (χ4n) is 3.67. The van der Waals surface area contributed by atoms with Crippen molar-refractivity contribution in [3.63, 3.8) is 0 Å². The van der Waals surface area contributed by atoms with E-state index in [9.17, 15) is 14.0 Å². The number of anilines is 1. The van der Waals surface area contributed by atoms with Crippen LogP contribution in [0.3, 0.4) is 0 Å². The number of carbonyl (C=O) groups is 2. The van der Waals surface area contributed by atoms with Crippen LogP contribution < -0.4 is 11.1 Å². The first-order valence-electron chi connectivity index (χ1n) is 9.24. The lowest BCUT2D eigenvalue weighted by Gasteiger charge is -2.36. The van der Waals surface area contributed by atoms with Gasteiger partial charge in [0.2, 0.25) is 0 Å². The van der Waals surface area contributed by atoms with E-state index in [4.69, 9.17) is 5.73 Å². The molecule has 0 bridgehead atoms. The van der Waals surface area contributed by atoms with Crippen LogP contribution in [0.5, 0.6) is 0 Å². The van der Waals surface area contributed by atoms with Crippen molar-refractivity contribution >= 4 is 28.2 Å². The van der Waals surface area contributed by atoms with Crippen LogP contribution in [0, 0.1) is 17.2 Å². The summed E-state index contributed by atoms with van der Waals surface area (Å²) in [5, 5.41) is 3.31. The molecule has 0 fully saturated rings. The Morgan fingerprint density at radius 3 is 2.56 bits per heavy atom. The van der Waals surface area contributed by atoms with Gasteiger partial charge in [-0.25, -0.2) is 4.39 Å². The number of fused-ring (bicyclic) bond motifs is 1. The summed E-state index contributed by atoms with van der Waals surface area (Å²) < 4.78 is 13.1. The number of carbonyl (C=O) groups excluding carboxylic acids is 2. The van der Waals surface area contributed by atoms with E-state index in [-0.39, 0.29) is 11.3 Å². The third-order valence-corrected chi connectivity index (χ3v) is 7.03. The number of amides is 2. The van der Waals surface area contributed by atoms with E-state index in [0.29, 0.717) is 22.0 Å². The molecule has 3 rings (SSSR count). The first-order valence-corrected chi connectivity index (χ1v) is 10.1. The van der Waals surface area contributed by atoms with Crippen LogP contribution in [0.4, 0.5) is 9.39 Å². The quantitative estimate of drug-likeness (QED) is 0.774.